The molecule has 3 heteroatoms. The Balaban J connectivity index is 3.20. The zero-order valence-electron chi connectivity index (χ0n) is 15.6. The van der Waals surface area contributed by atoms with Gasteiger partial charge in [0.1, 0.15) is 0 Å². The van der Waals surface area contributed by atoms with Gasteiger partial charge in [-0.2, -0.15) is 0 Å². The summed E-state index contributed by atoms with van der Waals surface area (Å²) in [5.74, 6) is 0.0265. The van der Waals surface area contributed by atoms with Crippen LogP contribution in [0.3, 0.4) is 0 Å². The second-order valence-electron chi connectivity index (χ2n) is 7.31. The fourth-order valence-corrected chi connectivity index (χ4v) is 3.15. The maximum absolute atomic E-state index is 13.0. The number of hydrogen-bond acceptors (Lipinski definition) is 2. The minimum absolute atomic E-state index is 0.0265. The van der Waals surface area contributed by atoms with E-state index in [0.29, 0.717) is 12.0 Å². The molecule has 23 heavy (non-hydrogen) atoms. The zero-order valence-corrected chi connectivity index (χ0v) is 15.6. The maximum atomic E-state index is 13.0. The molecule has 0 heterocycles. The van der Waals surface area contributed by atoms with Crippen LogP contribution in [0.5, 0.6) is 0 Å². The summed E-state index contributed by atoms with van der Waals surface area (Å²) in [6, 6.07) is 7.85. The molecule has 3 nitrogen and oxygen atoms in total. The average Bonchev–Trinajstić information content (AvgIpc) is 2.35. The van der Waals surface area contributed by atoms with Crippen LogP contribution in [-0.2, 0) is 6.42 Å². The van der Waals surface area contributed by atoms with Crippen molar-refractivity contribution < 1.29 is 9.90 Å². The lowest BCUT2D eigenvalue weighted by molar-refractivity contribution is 0.0640. The van der Waals surface area contributed by atoms with Gasteiger partial charge in [-0.1, -0.05) is 29.8 Å². The van der Waals surface area contributed by atoms with Gasteiger partial charge in [-0.3, -0.25) is 4.79 Å². The van der Waals surface area contributed by atoms with Crippen molar-refractivity contribution in [3.63, 3.8) is 0 Å². The third-order valence-corrected chi connectivity index (χ3v) is 3.74. The molecule has 0 saturated heterocycles. The molecule has 1 aromatic carbocycles. The standard InChI is InChI=1S/C20H31NO2/c1-14(2)12-20(7,23)13-17-10-8-9-11-18(17)19(22)21(15(3)4)16(5)6/h8-12,15-16,23H,13H2,1-7H3. The molecule has 1 N–H and O–H groups in total. The highest BCUT2D eigenvalue weighted by Gasteiger charge is 2.26. The summed E-state index contributed by atoms with van der Waals surface area (Å²) >= 11 is 0. The van der Waals surface area contributed by atoms with E-state index in [4.69, 9.17) is 0 Å². The Kier molecular flexibility index (Phi) is 6.57. The first-order valence-electron chi connectivity index (χ1n) is 8.34. The van der Waals surface area contributed by atoms with Crippen LogP contribution >= 0.6 is 0 Å². The molecule has 0 spiro atoms. The SMILES string of the molecule is CC(C)=CC(C)(O)Cc1ccccc1C(=O)N(C(C)C)C(C)C. The number of nitrogens with zero attached hydrogens (tertiary/aromatic N) is 1. The molecular formula is C20H31NO2. The van der Waals surface area contributed by atoms with Gasteiger partial charge in [0.05, 0.1) is 5.60 Å². The molecule has 0 radical (unpaired) electrons. The monoisotopic (exact) mass is 317 g/mol. The van der Waals surface area contributed by atoms with Gasteiger partial charge in [-0.25, -0.2) is 0 Å². The fourth-order valence-electron chi connectivity index (χ4n) is 3.15. The summed E-state index contributed by atoms with van der Waals surface area (Å²) in [7, 11) is 0. The van der Waals surface area contributed by atoms with Crippen LogP contribution in [0.4, 0.5) is 0 Å². The molecule has 0 fully saturated rings. The molecule has 1 aromatic rings. The molecule has 1 rings (SSSR count). The normalized spacial score (nSPS) is 13.8. The lowest BCUT2D eigenvalue weighted by Gasteiger charge is -2.32. The van der Waals surface area contributed by atoms with Crippen molar-refractivity contribution in [2.75, 3.05) is 0 Å². The van der Waals surface area contributed by atoms with Crippen molar-refractivity contribution in [1.82, 2.24) is 4.90 Å². The van der Waals surface area contributed by atoms with Crippen LogP contribution < -0.4 is 0 Å². The highest BCUT2D eigenvalue weighted by atomic mass is 16.3. The van der Waals surface area contributed by atoms with Crippen LogP contribution in [0.1, 0.15) is 64.4 Å². The van der Waals surface area contributed by atoms with Crippen molar-refractivity contribution in [3.8, 4) is 0 Å². The summed E-state index contributed by atoms with van der Waals surface area (Å²) < 4.78 is 0. The van der Waals surface area contributed by atoms with Gasteiger partial charge in [-0.05, 0) is 60.1 Å². The van der Waals surface area contributed by atoms with Crippen LogP contribution in [0, 0.1) is 0 Å². The number of carbonyl (C=O) groups is 1. The van der Waals surface area contributed by atoms with E-state index in [1.165, 1.54) is 0 Å². The molecule has 0 saturated carbocycles. The van der Waals surface area contributed by atoms with Crippen LogP contribution in [0.2, 0.25) is 0 Å². The number of rotatable bonds is 6. The van der Waals surface area contributed by atoms with Gasteiger partial charge in [0.25, 0.3) is 5.91 Å². The van der Waals surface area contributed by atoms with Crippen molar-refractivity contribution in [2.45, 2.75) is 72.6 Å². The Morgan fingerprint density at radius 2 is 1.70 bits per heavy atom. The van der Waals surface area contributed by atoms with Gasteiger partial charge in [0.15, 0.2) is 0 Å². The van der Waals surface area contributed by atoms with Crippen molar-refractivity contribution in [2.24, 2.45) is 0 Å². The molecule has 0 bridgehead atoms. The second kappa shape index (κ2) is 7.78. The second-order valence-corrected chi connectivity index (χ2v) is 7.31. The van der Waals surface area contributed by atoms with E-state index in [2.05, 4.69) is 0 Å². The first kappa shape index (κ1) is 19.4. The molecule has 1 unspecified atom stereocenters. The van der Waals surface area contributed by atoms with Gasteiger partial charge in [0, 0.05) is 24.1 Å². The summed E-state index contributed by atoms with van der Waals surface area (Å²) in [5, 5.41) is 10.6. The van der Waals surface area contributed by atoms with E-state index in [9.17, 15) is 9.90 Å². The minimum atomic E-state index is -0.963. The Bertz CT molecular complexity index is 559. The Morgan fingerprint density at radius 3 is 2.17 bits per heavy atom. The lowest BCUT2D eigenvalue weighted by atomic mass is 9.91. The summed E-state index contributed by atoms with van der Waals surface area (Å²) in [6.45, 7) is 13.8. The predicted octanol–water partition coefficient (Wildman–Crippen LogP) is 4.21. The van der Waals surface area contributed by atoms with Gasteiger partial charge >= 0.3 is 0 Å². The largest absolute Gasteiger partial charge is 0.386 e. The molecule has 1 amide bonds. The molecule has 1 atom stereocenters. The van der Waals surface area contributed by atoms with Crippen molar-refractivity contribution in [3.05, 3.63) is 47.0 Å². The Labute approximate surface area is 141 Å². The van der Waals surface area contributed by atoms with E-state index in [1.807, 2.05) is 76.8 Å². The number of carbonyl (C=O) groups excluding carboxylic acids is 1. The Morgan fingerprint density at radius 1 is 1.17 bits per heavy atom. The first-order chi connectivity index (χ1) is 10.5. The molecular weight excluding hydrogens is 286 g/mol. The van der Waals surface area contributed by atoms with Crippen LogP contribution in [0.25, 0.3) is 0 Å². The Hall–Kier alpha value is -1.61. The highest BCUT2D eigenvalue weighted by molar-refractivity contribution is 5.96. The van der Waals surface area contributed by atoms with E-state index in [-0.39, 0.29) is 18.0 Å². The topological polar surface area (TPSA) is 40.5 Å². The smallest absolute Gasteiger partial charge is 0.254 e. The summed E-state index contributed by atoms with van der Waals surface area (Å²) in [6.07, 6.45) is 2.26. The summed E-state index contributed by atoms with van der Waals surface area (Å²) in [5.41, 5.74) is 1.66. The predicted molar refractivity (Wildman–Crippen MR) is 96.6 cm³/mol. The molecule has 0 aromatic heterocycles. The van der Waals surface area contributed by atoms with Gasteiger partial charge in [-0.15, -0.1) is 0 Å². The molecule has 0 aliphatic heterocycles. The first-order valence-corrected chi connectivity index (χ1v) is 8.34. The van der Waals surface area contributed by atoms with Gasteiger partial charge in [0.2, 0.25) is 0 Å². The number of benzene rings is 1. The van der Waals surface area contributed by atoms with E-state index in [1.54, 1.807) is 6.92 Å². The zero-order chi connectivity index (χ0) is 17.8. The van der Waals surface area contributed by atoms with E-state index >= 15 is 0 Å². The van der Waals surface area contributed by atoms with Crippen LogP contribution in [-0.4, -0.2) is 33.6 Å². The van der Waals surface area contributed by atoms with Crippen molar-refractivity contribution >= 4 is 5.91 Å². The highest BCUT2D eigenvalue weighted by Crippen LogP contribution is 2.22. The van der Waals surface area contributed by atoms with Crippen LogP contribution in [0.15, 0.2) is 35.9 Å². The van der Waals surface area contributed by atoms with Crippen molar-refractivity contribution in [1.29, 1.82) is 0 Å². The number of hydrogen-bond donors (Lipinski definition) is 1. The van der Waals surface area contributed by atoms with E-state index in [0.717, 1.165) is 11.1 Å². The molecule has 0 aliphatic rings. The van der Waals surface area contributed by atoms with Gasteiger partial charge < -0.3 is 10.0 Å². The average molecular weight is 317 g/mol. The molecule has 128 valence electrons. The number of allylic oxidation sites excluding steroid dienone is 1. The lowest BCUT2D eigenvalue weighted by Crippen LogP contribution is -2.42. The summed E-state index contributed by atoms with van der Waals surface area (Å²) in [4.78, 5) is 14.9. The fraction of sp³-hybridized carbons (Fsp3) is 0.550. The number of aliphatic hydroxyl groups is 1. The van der Waals surface area contributed by atoms with E-state index < -0.39 is 5.60 Å². The third-order valence-electron chi connectivity index (χ3n) is 3.74. The molecule has 0 aliphatic carbocycles. The maximum Gasteiger partial charge on any atom is 0.254 e. The third kappa shape index (κ3) is 5.51. The quantitative estimate of drug-likeness (QED) is 0.799. The number of amides is 1. The minimum Gasteiger partial charge on any atom is -0.386 e.